The molecule has 1 N–H and O–H groups in total. The maximum atomic E-state index is 12.2. The standard InChI is InChI=1S/C18H19N3O5S/c1-12(13-4-7-15(8-5-13)27(23,24)21(2)3)19-20-18(22)14-6-9-16-17(10-14)26-11-25-16/h4-10H,11H2,1-3H3,(H,20,22)/b19-12-. The van der Waals surface area contributed by atoms with Crippen LogP contribution in [0.5, 0.6) is 11.5 Å². The Morgan fingerprint density at radius 1 is 1.04 bits per heavy atom. The number of ether oxygens (including phenoxy) is 2. The van der Waals surface area contributed by atoms with Gasteiger partial charge in [0.25, 0.3) is 5.91 Å². The fourth-order valence-corrected chi connectivity index (χ4v) is 3.28. The Morgan fingerprint density at radius 3 is 2.33 bits per heavy atom. The van der Waals surface area contributed by atoms with Crippen molar-refractivity contribution in [2.45, 2.75) is 11.8 Å². The predicted octanol–water partition coefficient (Wildman–Crippen LogP) is 1.82. The van der Waals surface area contributed by atoms with Crippen LogP contribution in [-0.2, 0) is 10.0 Å². The average molecular weight is 389 g/mol. The number of carbonyl (C=O) groups is 1. The van der Waals surface area contributed by atoms with E-state index in [0.717, 1.165) is 4.31 Å². The van der Waals surface area contributed by atoms with E-state index in [2.05, 4.69) is 10.5 Å². The van der Waals surface area contributed by atoms with E-state index >= 15 is 0 Å². The molecular weight excluding hydrogens is 370 g/mol. The fourth-order valence-electron chi connectivity index (χ4n) is 2.38. The molecule has 1 amide bonds. The van der Waals surface area contributed by atoms with Gasteiger partial charge in [0.2, 0.25) is 16.8 Å². The summed E-state index contributed by atoms with van der Waals surface area (Å²) in [6.07, 6.45) is 0. The summed E-state index contributed by atoms with van der Waals surface area (Å²) in [5.41, 5.74) is 4.10. The molecule has 1 aliphatic heterocycles. The van der Waals surface area contributed by atoms with Gasteiger partial charge in [-0.3, -0.25) is 4.79 Å². The van der Waals surface area contributed by atoms with E-state index in [1.165, 1.54) is 26.2 Å². The van der Waals surface area contributed by atoms with Gasteiger partial charge in [-0.2, -0.15) is 5.10 Å². The molecule has 0 bridgehead atoms. The number of sulfonamides is 1. The molecule has 142 valence electrons. The SMILES string of the molecule is C/C(=N/NC(=O)c1ccc2c(c1)OCO2)c1ccc(S(=O)(=O)N(C)C)cc1. The molecule has 0 aromatic heterocycles. The third kappa shape index (κ3) is 3.93. The van der Waals surface area contributed by atoms with Crippen LogP contribution in [0.1, 0.15) is 22.8 Å². The Bertz CT molecular complexity index is 998. The van der Waals surface area contributed by atoms with E-state index in [-0.39, 0.29) is 17.6 Å². The summed E-state index contributed by atoms with van der Waals surface area (Å²) in [6.45, 7) is 1.85. The number of benzene rings is 2. The summed E-state index contributed by atoms with van der Waals surface area (Å²) < 4.78 is 35.8. The molecule has 0 saturated carbocycles. The number of hydrogen-bond donors (Lipinski definition) is 1. The van der Waals surface area contributed by atoms with Crippen molar-refractivity contribution in [3.63, 3.8) is 0 Å². The van der Waals surface area contributed by atoms with Gasteiger partial charge in [-0.05, 0) is 42.8 Å². The molecule has 0 spiro atoms. The first-order valence-corrected chi connectivity index (χ1v) is 9.50. The van der Waals surface area contributed by atoms with E-state index in [4.69, 9.17) is 9.47 Å². The molecule has 0 radical (unpaired) electrons. The van der Waals surface area contributed by atoms with Gasteiger partial charge in [-0.1, -0.05) is 12.1 Å². The molecule has 1 aliphatic rings. The fraction of sp³-hybridized carbons (Fsp3) is 0.222. The topological polar surface area (TPSA) is 97.3 Å². The zero-order chi connectivity index (χ0) is 19.6. The summed E-state index contributed by atoms with van der Waals surface area (Å²) >= 11 is 0. The van der Waals surface area contributed by atoms with Crippen LogP contribution in [-0.4, -0.2) is 45.2 Å². The summed E-state index contributed by atoms with van der Waals surface area (Å²) in [5, 5.41) is 4.08. The van der Waals surface area contributed by atoms with Crippen LogP contribution in [0, 0.1) is 0 Å². The second kappa shape index (κ2) is 7.37. The lowest BCUT2D eigenvalue weighted by Crippen LogP contribution is -2.22. The van der Waals surface area contributed by atoms with E-state index in [1.807, 2.05) is 0 Å². The summed E-state index contributed by atoms with van der Waals surface area (Å²) in [6, 6.07) is 11.2. The summed E-state index contributed by atoms with van der Waals surface area (Å²) in [5.74, 6) is 0.722. The molecule has 27 heavy (non-hydrogen) atoms. The summed E-state index contributed by atoms with van der Waals surface area (Å²) in [7, 11) is -0.537. The first kappa shape index (κ1) is 18.9. The molecule has 1 heterocycles. The normalized spacial score (nSPS) is 13.7. The highest BCUT2D eigenvalue weighted by Crippen LogP contribution is 2.32. The molecular formula is C18H19N3O5S. The molecule has 2 aromatic rings. The van der Waals surface area contributed by atoms with Crippen LogP contribution >= 0.6 is 0 Å². The van der Waals surface area contributed by atoms with Gasteiger partial charge in [0.15, 0.2) is 11.5 Å². The van der Waals surface area contributed by atoms with Crippen molar-refractivity contribution in [2.24, 2.45) is 5.10 Å². The lowest BCUT2D eigenvalue weighted by molar-refractivity contribution is 0.0954. The third-order valence-electron chi connectivity index (χ3n) is 4.01. The monoisotopic (exact) mass is 389 g/mol. The molecule has 0 aliphatic carbocycles. The van der Waals surface area contributed by atoms with E-state index in [9.17, 15) is 13.2 Å². The highest BCUT2D eigenvalue weighted by atomic mass is 32.2. The Balaban J connectivity index is 1.71. The Hall–Kier alpha value is -2.91. The van der Waals surface area contributed by atoms with Crippen LogP contribution in [0.25, 0.3) is 0 Å². The number of rotatable bonds is 5. The Kier molecular flexibility index (Phi) is 5.15. The molecule has 9 heteroatoms. The van der Waals surface area contributed by atoms with Crippen molar-refractivity contribution in [1.82, 2.24) is 9.73 Å². The second-order valence-corrected chi connectivity index (χ2v) is 8.17. The van der Waals surface area contributed by atoms with Crippen molar-refractivity contribution >= 4 is 21.6 Å². The van der Waals surface area contributed by atoms with Crippen molar-refractivity contribution in [3.05, 3.63) is 53.6 Å². The van der Waals surface area contributed by atoms with Gasteiger partial charge in [0, 0.05) is 19.7 Å². The van der Waals surface area contributed by atoms with Gasteiger partial charge < -0.3 is 9.47 Å². The van der Waals surface area contributed by atoms with Crippen LogP contribution in [0.3, 0.4) is 0 Å². The molecule has 2 aromatic carbocycles. The molecule has 0 saturated heterocycles. The Morgan fingerprint density at radius 2 is 1.67 bits per heavy atom. The van der Waals surface area contributed by atoms with Crippen LogP contribution in [0.4, 0.5) is 0 Å². The number of nitrogens with zero attached hydrogens (tertiary/aromatic N) is 2. The predicted molar refractivity (Wildman–Crippen MR) is 99.6 cm³/mol. The number of fused-ring (bicyclic) bond motifs is 1. The van der Waals surface area contributed by atoms with Gasteiger partial charge in [-0.15, -0.1) is 0 Å². The third-order valence-corrected chi connectivity index (χ3v) is 5.84. The number of carbonyl (C=O) groups excluding carboxylic acids is 1. The number of hydrazone groups is 1. The second-order valence-electron chi connectivity index (χ2n) is 6.02. The highest BCUT2D eigenvalue weighted by molar-refractivity contribution is 7.89. The maximum Gasteiger partial charge on any atom is 0.271 e. The first-order chi connectivity index (χ1) is 12.8. The van der Waals surface area contributed by atoms with Crippen LogP contribution < -0.4 is 14.9 Å². The molecule has 0 unspecified atom stereocenters. The first-order valence-electron chi connectivity index (χ1n) is 8.06. The lowest BCUT2D eigenvalue weighted by atomic mass is 10.1. The van der Waals surface area contributed by atoms with E-state index in [1.54, 1.807) is 37.3 Å². The summed E-state index contributed by atoms with van der Waals surface area (Å²) in [4.78, 5) is 12.4. The highest BCUT2D eigenvalue weighted by Gasteiger charge is 2.17. The van der Waals surface area contributed by atoms with Gasteiger partial charge in [0.05, 0.1) is 10.6 Å². The van der Waals surface area contributed by atoms with Crippen LogP contribution in [0.15, 0.2) is 52.5 Å². The zero-order valence-corrected chi connectivity index (χ0v) is 15.9. The van der Waals surface area contributed by atoms with Crippen molar-refractivity contribution in [3.8, 4) is 11.5 Å². The quantitative estimate of drug-likeness (QED) is 0.621. The van der Waals surface area contributed by atoms with E-state index in [0.29, 0.717) is 28.3 Å². The molecule has 3 rings (SSSR count). The minimum absolute atomic E-state index is 0.136. The number of nitrogens with one attached hydrogen (secondary N) is 1. The largest absolute Gasteiger partial charge is 0.454 e. The molecule has 0 fully saturated rings. The van der Waals surface area contributed by atoms with Crippen molar-refractivity contribution < 1.29 is 22.7 Å². The Labute approximate surface area is 157 Å². The lowest BCUT2D eigenvalue weighted by Gasteiger charge is -2.11. The molecule has 0 atom stereocenters. The van der Waals surface area contributed by atoms with Gasteiger partial charge in [0.1, 0.15) is 0 Å². The van der Waals surface area contributed by atoms with Crippen LogP contribution in [0.2, 0.25) is 0 Å². The van der Waals surface area contributed by atoms with Crippen molar-refractivity contribution in [2.75, 3.05) is 20.9 Å². The van der Waals surface area contributed by atoms with Crippen molar-refractivity contribution in [1.29, 1.82) is 0 Å². The maximum absolute atomic E-state index is 12.2. The minimum atomic E-state index is -3.48. The molecule has 8 nitrogen and oxygen atoms in total. The van der Waals surface area contributed by atoms with Gasteiger partial charge >= 0.3 is 0 Å². The number of amides is 1. The average Bonchev–Trinajstić information content (AvgIpc) is 3.13. The smallest absolute Gasteiger partial charge is 0.271 e. The zero-order valence-electron chi connectivity index (χ0n) is 15.1. The van der Waals surface area contributed by atoms with E-state index < -0.39 is 10.0 Å². The number of hydrogen-bond acceptors (Lipinski definition) is 6. The minimum Gasteiger partial charge on any atom is -0.454 e. The van der Waals surface area contributed by atoms with Gasteiger partial charge in [-0.25, -0.2) is 18.1 Å².